The second-order valence-electron chi connectivity index (χ2n) is 5.41. The Balaban J connectivity index is 1.79. The number of aromatic nitrogens is 5. The third-order valence-electron chi connectivity index (χ3n) is 3.57. The monoisotopic (exact) mass is 340 g/mol. The minimum atomic E-state index is -0.311. The zero-order valence-electron chi connectivity index (χ0n) is 13.9. The maximum absolute atomic E-state index is 12.1. The van der Waals surface area contributed by atoms with Crippen LogP contribution in [0.1, 0.15) is 34.2 Å². The van der Waals surface area contributed by atoms with Crippen LogP contribution in [0.4, 0.5) is 5.82 Å². The number of nitrogens with one attached hydrogen (secondary N) is 1. The van der Waals surface area contributed by atoms with Crippen molar-refractivity contribution in [3.8, 4) is 5.82 Å². The van der Waals surface area contributed by atoms with Crippen LogP contribution in [0.2, 0.25) is 0 Å². The lowest BCUT2D eigenvalue weighted by Crippen LogP contribution is -2.19. The maximum atomic E-state index is 12.1. The van der Waals surface area contributed by atoms with Crippen molar-refractivity contribution in [3.63, 3.8) is 0 Å². The van der Waals surface area contributed by atoms with E-state index in [9.17, 15) is 4.79 Å². The first-order chi connectivity index (χ1) is 12.0. The van der Waals surface area contributed by atoms with E-state index in [1.54, 1.807) is 26.0 Å². The molecule has 10 heteroatoms. The molecule has 1 amide bonds. The molecule has 0 saturated carbocycles. The number of nitrogens with zero attached hydrogens (tertiary/aromatic N) is 6. The van der Waals surface area contributed by atoms with E-state index in [2.05, 4.69) is 35.8 Å². The number of hydrazone groups is 1. The molecule has 0 fully saturated rings. The van der Waals surface area contributed by atoms with E-state index in [4.69, 9.17) is 5.73 Å². The topological polar surface area (TPSA) is 137 Å². The summed E-state index contributed by atoms with van der Waals surface area (Å²) in [5, 5.41) is 19.3. The molecule has 3 rings (SSSR count). The van der Waals surface area contributed by atoms with E-state index in [1.165, 1.54) is 4.68 Å². The van der Waals surface area contributed by atoms with Crippen LogP contribution in [-0.4, -0.2) is 36.9 Å². The first-order valence-electron chi connectivity index (χ1n) is 7.39. The molecule has 2 heterocycles. The average molecular weight is 340 g/mol. The van der Waals surface area contributed by atoms with Crippen LogP contribution < -0.4 is 11.2 Å². The number of benzene rings is 1. The molecule has 0 bridgehead atoms. The van der Waals surface area contributed by atoms with Gasteiger partial charge in [0.15, 0.2) is 0 Å². The lowest BCUT2D eigenvalue weighted by atomic mass is 10.1. The van der Waals surface area contributed by atoms with Gasteiger partial charge in [-0.05, 0) is 43.2 Å². The second kappa shape index (κ2) is 6.51. The van der Waals surface area contributed by atoms with E-state index in [0.717, 1.165) is 5.56 Å². The average Bonchev–Trinajstić information content (AvgIpc) is 3.18. The first kappa shape index (κ1) is 16.3. The number of nitrogens with two attached hydrogens (primary N) is 1. The number of hydrogen-bond acceptors (Lipinski definition) is 8. The number of aryl methyl sites for hydroxylation is 1. The fourth-order valence-electron chi connectivity index (χ4n) is 2.16. The molecule has 0 spiro atoms. The molecule has 0 unspecified atom stereocenters. The molecule has 3 aromatic rings. The predicted molar refractivity (Wildman–Crippen MR) is 89.2 cm³/mol. The molecule has 0 aliphatic heterocycles. The highest BCUT2D eigenvalue weighted by Gasteiger charge is 2.18. The van der Waals surface area contributed by atoms with Crippen molar-refractivity contribution in [3.05, 3.63) is 46.8 Å². The van der Waals surface area contributed by atoms with Crippen molar-refractivity contribution in [2.45, 2.75) is 20.8 Å². The summed E-state index contributed by atoms with van der Waals surface area (Å²) in [6.45, 7) is 5.43. The Kier molecular flexibility index (Phi) is 4.25. The molecule has 0 atom stereocenters. The van der Waals surface area contributed by atoms with Crippen LogP contribution >= 0.6 is 0 Å². The molecule has 1 aromatic carbocycles. The molecule has 128 valence electrons. The van der Waals surface area contributed by atoms with Crippen LogP contribution in [-0.2, 0) is 0 Å². The van der Waals surface area contributed by atoms with Gasteiger partial charge in [-0.3, -0.25) is 4.79 Å². The number of anilines is 1. The maximum Gasteiger partial charge on any atom is 0.271 e. The summed E-state index contributed by atoms with van der Waals surface area (Å²) in [5.41, 5.74) is 11.4. The van der Waals surface area contributed by atoms with Crippen LogP contribution in [0.5, 0.6) is 0 Å². The minimum absolute atomic E-state index is 0.0989. The molecular formula is C15H16N8O2. The molecule has 25 heavy (non-hydrogen) atoms. The Morgan fingerprint density at radius 3 is 2.60 bits per heavy atom. The van der Waals surface area contributed by atoms with Crippen molar-refractivity contribution in [2.75, 3.05) is 5.73 Å². The van der Waals surface area contributed by atoms with E-state index >= 15 is 0 Å². The summed E-state index contributed by atoms with van der Waals surface area (Å²) < 4.78 is 5.95. The standard InChI is InChI=1S/C15H16N8O2/c1-8-4-6-11(7-5-8)15(24)19-17-9(2)12-10(3)23(22-18-12)14-13(16)20-25-21-14/h4-7H,1-3H3,(H2,16,20)(H,19,24). The third-order valence-corrected chi connectivity index (χ3v) is 3.57. The Bertz CT molecular complexity index is 939. The van der Waals surface area contributed by atoms with Gasteiger partial charge >= 0.3 is 0 Å². The zero-order chi connectivity index (χ0) is 18.0. The quantitative estimate of drug-likeness (QED) is 0.534. The van der Waals surface area contributed by atoms with Crippen molar-refractivity contribution in [1.82, 2.24) is 30.7 Å². The highest BCUT2D eigenvalue weighted by molar-refractivity contribution is 6.00. The van der Waals surface area contributed by atoms with Gasteiger partial charge in [-0.25, -0.2) is 10.1 Å². The lowest BCUT2D eigenvalue weighted by Gasteiger charge is -2.02. The van der Waals surface area contributed by atoms with Gasteiger partial charge in [-0.15, -0.1) is 5.10 Å². The van der Waals surface area contributed by atoms with Gasteiger partial charge in [0.2, 0.25) is 11.6 Å². The fourth-order valence-corrected chi connectivity index (χ4v) is 2.16. The van der Waals surface area contributed by atoms with Crippen LogP contribution in [0.3, 0.4) is 0 Å². The highest BCUT2D eigenvalue weighted by Crippen LogP contribution is 2.15. The van der Waals surface area contributed by atoms with E-state index in [0.29, 0.717) is 22.7 Å². The molecule has 0 saturated heterocycles. The van der Waals surface area contributed by atoms with Crippen molar-refractivity contribution >= 4 is 17.4 Å². The Morgan fingerprint density at radius 2 is 1.96 bits per heavy atom. The van der Waals surface area contributed by atoms with Crippen LogP contribution in [0.15, 0.2) is 34.0 Å². The van der Waals surface area contributed by atoms with Gasteiger partial charge in [-0.1, -0.05) is 22.9 Å². The Hall–Kier alpha value is -3.56. The molecule has 0 aliphatic rings. The molecule has 3 N–H and O–H groups in total. The number of carbonyl (C=O) groups excluding carboxylic acids is 1. The number of rotatable bonds is 4. The zero-order valence-corrected chi connectivity index (χ0v) is 13.9. The number of amides is 1. The van der Waals surface area contributed by atoms with Gasteiger partial charge in [-0.2, -0.15) is 9.78 Å². The first-order valence-corrected chi connectivity index (χ1v) is 7.39. The Morgan fingerprint density at radius 1 is 1.24 bits per heavy atom. The molecule has 2 aromatic heterocycles. The third kappa shape index (κ3) is 3.22. The molecule has 10 nitrogen and oxygen atoms in total. The summed E-state index contributed by atoms with van der Waals surface area (Å²) in [6, 6.07) is 7.18. The van der Waals surface area contributed by atoms with Gasteiger partial charge in [0.1, 0.15) is 5.69 Å². The molecule has 0 aliphatic carbocycles. The highest BCUT2D eigenvalue weighted by atomic mass is 16.6. The number of carbonyl (C=O) groups is 1. The lowest BCUT2D eigenvalue weighted by molar-refractivity contribution is 0.0955. The number of nitrogen functional groups attached to an aromatic ring is 1. The fraction of sp³-hybridized carbons (Fsp3) is 0.200. The molecule has 0 radical (unpaired) electrons. The van der Waals surface area contributed by atoms with E-state index in [-0.39, 0.29) is 17.5 Å². The van der Waals surface area contributed by atoms with Crippen LogP contribution in [0, 0.1) is 13.8 Å². The van der Waals surface area contributed by atoms with Gasteiger partial charge < -0.3 is 5.73 Å². The summed E-state index contributed by atoms with van der Waals surface area (Å²) in [7, 11) is 0. The largest absolute Gasteiger partial charge is 0.378 e. The number of hydrogen-bond donors (Lipinski definition) is 2. The van der Waals surface area contributed by atoms with Crippen molar-refractivity contribution in [2.24, 2.45) is 5.10 Å². The minimum Gasteiger partial charge on any atom is -0.378 e. The van der Waals surface area contributed by atoms with Crippen molar-refractivity contribution < 1.29 is 9.42 Å². The SMILES string of the molecule is CC(=NNC(=O)c1ccc(C)cc1)c1nnn(-c2nonc2N)c1C. The molecular weight excluding hydrogens is 324 g/mol. The van der Waals surface area contributed by atoms with Gasteiger partial charge in [0, 0.05) is 5.56 Å². The van der Waals surface area contributed by atoms with Gasteiger partial charge in [0.25, 0.3) is 5.91 Å². The predicted octanol–water partition coefficient (Wildman–Crippen LogP) is 1.00. The van der Waals surface area contributed by atoms with Gasteiger partial charge in [0.05, 0.1) is 11.4 Å². The second-order valence-corrected chi connectivity index (χ2v) is 5.41. The van der Waals surface area contributed by atoms with Crippen molar-refractivity contribution in [1.29, 1.82) is 0 Å². The smallest absolute Gasteiger partial charge is 0.271 e. The summed E-state index contributed by atoms with van der Waals surface area (Å²) >= 11 is 0. The van der Waals surface area contributed by atoms with E-state index in [1.807, 2.05) is 19.1 Å². The normalized spacial score (nSPS) is 11.6. The Labute approximate surface area is 142 Å². The summed E-state index contributed by atoms with van der Waals surface area (Å²) in [5.74, 6) is 0.0314. The van der Waals surface area contributed by atoms with Crippen LogP contribution in [0.25, 0.3) is 5.82 Å². The van der Waals surface area contributed by atoms with E-state index < -0.39 is 0 Å². The summed E-state index contributed by atoms with van der Waals surface area (Å²) in [6.07, 6.45) is 0. The summed E-state index contributed by atoms with van der Waals surface area (Å²) in [4.78, 5) is 12.1.